The molecule has 3 aromatic rings. The number of ether oxygens (including phenoxy) is 2. The lowest BCUT2D eigenvalue weighted by Crippen LogP contribution is -2.37. The molecule has 5 nitrogen and oxygen atoms in total. The molecule has 6 heteroatoms. The first kappa shape index (κ1) is 17.3. The summed E-state index contributed by atoms with van der Waals surface area (Å²) in [6.45, 7) is 3.43. The topological polar surface area (TPSA) is 46.6 Å². The second-order valence-corrected chi connectivity index (χ2v) is 7.32. The lowest BCUT2D eigenvalue weighted by atomic mass is 10.0. The number of hydrogen-bond acceptors (Lipinski definition) is 6. The molecule has 0 spiro atoms. The number of nitrogens with zero attached hydrogens (tertiary/aromatic N) is 2. The van der Waals surface area contributed by atoms with Gasteiger partial charge in [-0.1, -0.05) is 18.2 Å². The predicted molar refractivity (Wildman–Crippen MR) is 106 cm³/mol. The van der Waals surface area contributed by atoms with Crippen LogP contribution in [-0.2, 0) is 11.3 Å². The normalized spacial score (nSPS) is 18.2. The smallest absolute Gasteiger partial charge is 0.182 e. The monoisotopic (exact) mass is 369 g/mol. The van der Waals surface area contributed by atoms with Crippen LogP contribution in [0.1, 0.15) is 17.4 Å². The molecule has 0 saturated carbocycles. The van der Waals surface area contributed by atoms with E-state index in [0.29, 0.717) is 0 Å². The van der Waals surface area contributed by atoms with Gasteiger partial charge < -0.3 is 14.8 Å². The van der Waals surface area contributed by atoms with Crippen LogP contribution >= 0.6 is 11.3 Å². The third-order valence-corrected chi connectivity index (χ3v) is 5.65. The Bertz CT molecular complexity index is 896. The fourth-order valence-electron chi connectivity index (χ4n) is 3.34. The van der Waals surface area contributed by atoms with Gasteiger partial charge in [-0.2, -0.15) is 0 Å². The Kier molecular flexibility index (Phi) is 5.06. The van der Waals surface area contributed by atoms with Gasteiger partial charge in [-0.15, -0.1) is 11.3 Å². The van der Waals surface area contributed by atoms with Crippen molar-refractivity contribution in [3.8, 4) is 5.75 Å². The molecule has 4 rings (SSSR count). The molecule has 0 bridgehead atoms. The van der Waals surface area contributed by atoms with E-state index in [-0.39, 0.29) is 6.10 Å². The number of thiazole rings is 1. The third-order valence-electron chi connectivity index (χ3n) is 4.75. The van der Waals surface area contributed by atoms with Crippen molar-refractivity contribution in [3.05, 3.63) is 53.0 Å². The molecule has 1 saturated heterocycles. The molecule has 26 heavy (non-hydrogen) atoms. The molecule has 1 aromatic heterocycles. The lowest BCUT2D eigenvalue weighted by Gasteiger charge is -2.32. The fourth-order valence-corrected chi connectivity index (χ4v) is 4.00. The predicted octanol–water partition coefficient (Wildman–Crippen LogP) is 3.92. The van der Waals surface area contributed by atoms with Crippen molar-refractivity contribution in [2.45, 2.75) is 12.6 Å². The average Bonchev–Trinajstić information content (AvgIpc) is 3.15. The van der Waals surface area contributed by atoms with E-state index in [1.54, 1.807) is 18.4 Å². The van der Waals surface area contributed by atoms with Gasteiger partial charge >= 0.3 is 0 Å². The van der Waals surface area contributed by atoms with Crippen LogP contribution in [-0.4, -0.2) is 43.7 Å². The van der Waals surface area contributed by atoms with Gasteiger partial charge in [0.1, 0.15) is 5.75 Å². The molecule has 1 aliphatic heterocycles. The van der Waals surface area contributed by atoms with E-state index in [0.717, 1.165) is 42.8 Å². The SMILES string of the molecule is CNc1nc(CN2CCO[C@H](c3ccc4cc(OC)ccc4c3)C2)cs1. The zero-order valence-electron chi connectivity index (χ0n) is 15.1. The van der Waals surface area contributed by atoms with Crippen LogP contribution in [0.25, 0.3) is 10.8 Å². The van der Waals surface area contributed by atoms with Gasteiger partial charge in [-0.25, -0.2) is 4.98 Å². The van der Waals surface area contributed by atoms with Gasteiger partial charge in [-0.05, 0) is 34.5 Å². The summed E-state index contributed by atoms with van der Waals surface area (Å²) >= 11 is 1.65. The molecular weight excluding hydrogens is 346 g/mol. The highest BCUT2D eigenvalue weighted by atomic mass is 32.1. The first-order chi connectivity index (χ1) is 12.7. The van der Waals surface area contributed by atoms with Gasteiger partial charge in [0.25, 0.3) is 0 Å². The minimum Gasteiger partial charge on any atom is -0.497 e. The number of fused-ring (bicyclic) bond motifs is 1. The average molecular weight is 369 g/mol. The van der Waals surface area contributed by atoms with Gasteiger partial charge in [0.2, 0.25) is 0 Å². The molecule has 1 atom stereocenters. The first-order valence-corrected chi connectivity index (χ1v) is 9.67. The van der Waals surface area contributed by atoms with Gasteiger partial charge in [0.05, 0.1) is 25.5 Å². The van der Waals surface area contributed by atoms with Crippen molar-refractivity contribution in [1.29, 1.82) is 0 Å². The van der Waals surface area contributed by atoms with Gasteiger partial charge in [0.15, 0.2) is 5.13 Å². The Labute approximate surface area is 157 Å². The summed E-state index contributed by atoms with van der Waals surface area (Å²) in [7, 11) is 3.60. The summed E-state index contributed by atoms with van der Waals surface area (Å²) < 4.78 is 11.4. The zero-order valence-corrected chi connectivity index (χ0v) is 15.9. The molecule has 1 aliphatic rings. The summed E-state index contributed by atoms with van der Waals surface area (Å²) in [4.78, 5) is 7.01. The summed E-state index contributed by atoms with van der Waals surface area (Å²) in [6, 6.07) is 12.7. The molecule has 0 unspecified atom stereocenters. The Hall–Kier alpha value is -2.15. The minimum atomic E-state index is 0.0951. The van der Waals surface area contributed by atoms with Crippen molar-refractivity contribution in [3.63, 3.8) is 0 Å². The first-order valence-electron chi connectivity index (χ1n) is 8.79. The number of morpholine rings is 1. The number of aromatic nitrogens is 1. The largest absolute Gasteiger partial charge is 0.497 e. The fraction of sp³-hybridized carbons (Fsp3) is 0.350. The zero-order chi connectivity index (χ0) is 17.9. The van der Waals surface area contributed by atoms with Crippen LogP contribution in [0.4, 0.5) is 5.13 Å². The van der Waals surface area contributed by atoms with E-state index in [1.807, 2.05) is 13.1 Å². The van der Waals surface area contributed by atoms with E-state index < -0.39 is 0 Å². The standard InChI is InChI=1S/C20H23N3O2S/c1-21-20-22-17(13-26-20)11-23-7-8-25-19(12-23)16-4-3-15-10-18(24-2)6-5-14(15)9-16/h3-6,9-10,13,19H,7-8,11-12H2,1-2H3,(H,21,22)/t19-/m0/s1. The Morgan fingerprint density at radius 3 is 2.92 bits per heavy atom. The Morgan fingerprint density at radius 1 is 1.27 bits per heavy atom. The van der Waals surface area contributed by atoms with E-state index in [9.17, 15) is 0 Å². The van der Waals surface area contributed by atoms with Crippen LogP contribution in [0.15, 0.2) is 41.8 Å². The molecule has 1 N–H and O–H groups in total. The molecule has 2 heterocycles. The van der Waals surface area contributed by atoms with E-state index >= 15 is 0 Å². The number of anilines is 1. The molecule has 1 fully saturated rings. The second-order valence-electron chi connectivity index (χ2n) is 6.46. The molecular formula is C20H23N3O2S. The molecule has 0 amide bonds. The third kappa shape index (κ3) is 3.67. The number of nitrogens with one attached hydrogen (secondary N) is 1. The quantitative estimate of drug-likeness (QED) is 0.739. The van der Waals surface area contributed by atoms with Crippen LogP contribution < -0.4 is 10.1 Å². The number of methoxy groups -OCH3 is 1. The number of benzene rings is 2. The molecule has 0 aliphatic carbocycles. The Morgan fingerprint density at radius 2 is 2.12 bits per heavy atom. The lowest BCUT2D eigenvalue weighted by molar-refractivity contribution is -0.0331. The maximum atomic E-state index is 6.06. The Balaban J connectivity index is 1.49. The van der Waals surface area contributed by atoms with E-state index in [1.165, 1.54) is 16.3 Å². The van der Waals surface area contributed by atoms with Crippen LogP contribution in [0.5, 0.6) is 5.75 Å². The summed E-state index contributed by atoms with van der Waals surface area (Å²) in [6.07, 6.45) is 0.0951. The summed E-state index contributed by atoms with van der Waals surface area (Å²) in [5.74, 6) is 0.884. The van der Waals surface area contributed by atoms with Crippen molar-refractivity contribution in [2.75, 3.05) is 39.2 Å². The number of hydrogen-bond donors (Lipinski definition) is 1. The maximum Gasteiger partial charge on any atom is 0.182 e. The highest BCUT2D eigenvalue weighted by Gasteiger charge is 2.23. The van der Waals surface area contributed by atoms with Crippen LogP contribution in [0.3, 0.4) is 0 Å². The van der Waals surface area contributed by atoms with Crippen molar-refractivity contribution >= 4 is 27.2 Å². The number of rotatable bonds is 5. The highest BCUT2D eigenvalue weighted by molar-refractivity contribution is 7.13. The van der Waals surface area contributed by atoms with Crippen LogP contribution in [0.2, 0.25) is 0 Å². The van der Waals surface area contributed by atoms with Crippen molar-refractivity contribution in [1.82, 2.24) is 9.88 Å². The highest BCUT2D eigenvalue weighted by Crippen LogP contribution is 2.28. The second kappa shape index (κ2) is 7.61. The van der Waals surface area contributed by atoms with E-state index in [2.05, 4.69) is 50.9 Å². The maximum absolute atomic E-state index is 6.06. The molecule has 2 aromatic carbocycles. The van der Waals surface area contributed by atoms with Crippen LogP contribution in [0, 0.1) is 0 Å². The van der Waals surface area contributed by atoms with Gasteiger partial charge in [-0.3, -0.25) is 4.90 Å². The van der Waals surface area contributed by atoms with E-state index in [4.69, 9.17) is 9.47 Å². The van der Waals surface area contributed by atoms with Crippen molar-refractivity contribution < 1.29 is 9.47 Å². The summed E-state index contributed by atoms with van der Waals surface area (Å²) in [5, 5.41) is 8.59. The molecule has 136 valence electrons. The van der Waals surface area contributed by atoms with Gasteiger partial charge in [0, 0.05) is 32.1 Å². The minimum absolute atomic E-state index is 0.0951. The molecule has 0 radical (unpaired) electrons. The summed E-state index contributed by atoms with van der Waals surface area (Å²) in [5.41, 5.74) is 2.34. The van der Waals surface area contributed by atoms with Crippen molar-refractivity contribution in [2.24, 2.45) is 0 Å².